The molecule has 1 aliphatic rings. The third kappa shape index (κ3) is 4.69. The highest BCUT2D eigenvalue weighted by Crippen LogP contribution is 2.37. The van der Waals surface area contributed by atoms with Crippen LogP contribution in [0.1, 0.15) is 21.5 Å². The number of ether oxygens (including phenoxy) is 1. The number of hydrogen-bond donors (Lipinski definition) is 1. The normalized spacial score (nSPS) is 14.8. The molecule has 4 rings (SSSR count). The van der Waals surface area contributed by atoms with Gasteiger partial charge in [0.2, 0.25) is 0 Å². The van der Waals surface area contributed by atoms with Crippen LogP contribution >= 0.6 is 23.4 Å². The Bertz CT molecular complexity index is 1240. The van der Waals surface area contributed by atoms with E-state index < -0.39 is 17.1 Å². The van der Waals surface area contributed by atoms with Crippen LogP contribution < -0.4 is 9.64 Å². The van der Waals surface area contributed by atoms with Gasteiger partial charge in [-0.1, -0.05) is 48.0 Å². The van der Waals surface area contributed by atoms with E-state index in [-0.39, 0.29) is 17.1 Å². The second-order valence-electron chi connectivity index (χ2n) is 6.83. The minimum absolute atomic E-state index is 0.199. The van der Waals surface area contributed by atoms with Gasteiger partial charge in [0.25, 0.3) is 11.1 Å². The first-order valence-corrected chi connectivity index (χ1v) is 10.7. The number of thioether (sulfide) groups is 1. The van der Waals surface area contributed by atoms with Crippen molar-refractivity contribution in [2.75, 3.05) is 4.90 Å². The number of carboxylic acids is 1. The molecule has 1 aliphatic heterocycles. The fourth-order valence-electron chi connectivity index (χ4n) is 3.08. The number of benzene rings is 3. The summed E-state index contributed by atoms with van der Waals surface area (Å²) >= 11 is 6.85. The number of carbonyl (C=O) groups is 3. The lowest BCUT2D eigenvalue weighted by atomic mass is 10.1. The van der Waals surface area contributed by atoms with E-state index >= 15 is 0 Å². The molecule has 32 heavy (non-hydrogen) atoms. The van der Waals surface area contributed by atoms with E-state index in [1.54, 1.807) is 60.7 Å². The summed E-state index contributed by atoms with van der Waals surface area (Å²) in [4.78, 5) is 37.7. The molecule has 3 aromatic carbocycles. The Morgan fingerprint density at radius 3 is 2.50 bits per heavy atom. The summed E-state index contributed by atoms with van der Waals surface area (Å²) < 4.78 is 5.89. The second-order valence-corrected chi connectivity index (χ2v) is 8.26. The number of anilines is 1. The Balaban J connectivity index is 1.54. The molecule has 0 aromatic heterocycles. The predicted octanol–water partition coefficient (Wildman–Crippen LogP) is 5.86. The number of carbonyl (C=O) groups excluding carboxylic acids is 2. The van der Waals surface area contributed by atoms with Gasteiger partial charge in [0.05, 0.1) is 16.2 Å². The van der Waals surface area contributed by atoms with Gasteiger partial charge in [-0.2, -0.15) is 0 Å². The van der Waals surface area contributed by atoms with Crippen molar-refractivity contribution in [2.24, 2.45) is 0 Å². The van der Waals surface area contributed by atoms with Crippen LogP contribution in [-0.2, 0) is 11.4 Å². The van der Waals surface area contributed by atoms with Crippen molar-refractivity contribution < 1.29 is 24.2 Å². The van der Waals surface area contributed by atoms with Gasteiger partial charge in [-0.3, -0.25) is 9.59 Å². The van der Waals surface area contributed by atoms with Crippen LogP contribution in [0.5, 0.6) is 5.75 Å². The minimum atomic E-state index is -0.991. The molecule has 0 spiro atoms. The summed E-state index contributed by atoms with van der Waals surface area (Å²) in [5, 5.41) is 9.03. The van der Waals surface area contributed by atoms with Gasteiger partial charge >= 0.3 is 5.97 Å². The number of imide groups is 1. The van der Waals surface area contributed by atoms with Crippen LogP contribution in [0, 0.1) is 0 Å². The topological polar surface area (TPSA) is 83.9 Å². The number of halogens is 1. The maximum absolute atomic E-state index is 12.9. The van der Waals surface area contributed by atoms with Crippen molar-refractivity contribution in [1.29, 1.82) is 0 Å². The van der Waals surface area contributed by atoms with Crippen molar-refractivity contribution in [2.45, 2.75) is 6.61 Å². The van der Waals surface area contributed by atoms with E-state index in [1.165, 1.54) is 12.1 Å². The monoisotopic (exact) mass is 465 g/mol. The molecule has 6 nitrogen and oxygen atoms in total. The minimum Gasteiger partial charge on any atom is -0.488 e. The number of amides is 2. The Labute approximate surface area is 193 Å². The summed E-state index contributed by atoms with van der Waals surface area (Å²) in [6.45, 7) is 0.217. The fraction of sp³-hybridized carbons (Fsp3) is 0.0417. The third-order valence-corrected chi connectivity index (χ3v) is 5.77. The molecule has 0 radical (unpaired) electrons. The van der Waals surface area contributed by atoms with Crippen molar-refractivity contribution in [1.82, 2.24) is 0 Å². The number of carboxylic acid groups (broad SMARTS) is 1. The molecule has 1 heterocycles. The van der Waals surface area contributed by atoms with E-state index in [2.05, 4.69) is 0 Å². The molecule has 1 N–H and O–H groups in total. The van der Waals surface area contributed by atoms with E-state index in [1.807, 2.05) is 6.07 Å². The molecule has 160 valence electrons. The molecule has 2 amide bonds. The highest BCUT2D eigenvalue weighted by molar-refractivity contribution is 8.19. The lowest BCUT2D eigenvalue weighted by Crippen LogP contribution is -2.27. The van der Waals surface area contributed by atoms with Crippen molar-refractivity contribution in [3.8, 4) is 5.75 Å². The van der Waals surface area contributed by atoms with Crippen molar-refractivity contribution in [3.63, 3.8) is 0 Å². The molecule has 0 atom stereocenters. The van der Waals surface area contributed by atoms with Gasteiger partial charge < -0.3 is 9.84 Å². The maximum atomic E-state index is 12.9. The third-order valence-electron chi connectivity index (χ3n) is 4.66. The molecule has 1 saturated heterocycles. The van der Waals surface area contributed by atoms with Crippen molar-refractivity contribution in [3.05, 3.63) is 99.4 Å². The van der Waals surface area contributed by atoms with E-state index in [0.717, 1.165) is 22.2 Å². The zero-order valence-electron chi connectivity index (χ0n) is 16.5. The first-order valence-electron chi connectivity index (χ1n) is 9.50. The standard InChI is InChI=1S/C24H16ClNO5S/c25-18-5-3-6-19(13-18)26-22(27)21(32-24(26)30)12-17-4-1-2-7-20(17)31-14-15-8-10-16(11-9-15)23(28)29/h1-13H,14H2,(H,28,29)/b21-12-. The molecule has 3 aromatic rings. The maximum Gasteiger partial charge on any atom is 0.335 e. The van der Waals surface area contributed by atoms with E-state index in [9.17, 15) is 14.4 Å². The second kappa shape index (κ2) is 9.30. The Hall–Kier alpha value is -3.55. The Kier molecular flexibility index (Phi) is 6.30. The van der Waals surface area contributed by atoms with Gasteiger partial charge in [0.1, 0.15) is 12.4 Å². The average molecular weight is 466 g/mol. The van der Waals surface area contributed by atoms with Gasteiger partial charge in [-0.15, -0.1) is 0 Å². The van der Waals surface area contributed by atoms with Crippen LogP contribution in [0.4, 0.5) is 10.5 Å². The van der Waals surface area contributed by atoms with Crippen LogP contribution in [0.15, 0.2) is 77.7 Å². The van der Waals surface area contributed by atoms with E-state index in [4.69, 9.17) is 21.4 Å². The quantitative estimate of drug-likeness (QED) is 0.459. The molecule has 0 aliphatic carbocycles. The molecule has 0 bridgehead atoms. The van der Waals surface area contributed by atoms with Crippen LogP contribution in [0.3, 0.4) is 0 Å². The zero-order chi connectivity index (χ0) is 22.7. The predicted molar refractivity (Wildman–Crippen MR) is 124 cm³/mol. The smallest absolute Gasteiger partial charge is 0.335 e. The molecule has 1 fully saturated rings. The van der Waals surface area contributed by atoms with Gasteiger partial charge in [-0.05, 0) is 59.8 Å². The highest BCUT2D eigenvalue weighted by atomic mass is 35.5. The highest BCUT2D eigenvalue weighted by Gasteiger charge is 2.36. The first-order chi connectivity index (χ1) is 15.4. The van der Waals surface area contributed by atoms with Gasteiger partial charge in [-0.25, -0.2) is 9.69 Å². The summed E-state index contributed by atoms with van der Waals surface area (Å²) in [5.74, 6) is -0.889. The lowest BCUT2D eigenvalue weighted by Gasteiger charge is -2.12. The molecule has 0 unspecified atom stereocenters. The zero-order valence-corrected chi connectivity index (χ0v) is 18.1. The summed E-state index contributed by atoms with van der Waals surface area (Å²) in [6.07, 6.45) is 1.62. The number of hydrogen-bond acceptors (Lipinski definition) is 5. The van der Waals surface area contributed by atoms with Crippen molar-refractivity contribution >= 4 is 52.2 Å². The molecular weight excluding hydrogens is 450 g/mol. The summed E-state index contributed by atoms with van der Waals surface area (Å²) in [6, 6.07) is 20.1. The number of aromatic carboxylic acids is 1. The van der Waals surface area contributed by atoms with Crippen LogP contribution in [0.2, 0.25) is 5.02 Å². The van der Waals surface area contributed by atoms with Gasteiger partial charge in [0, 0.05) is 10.6 Å². The lowest BCUT2D eigenvalue weighted by molar-refractivity contribution is -0.113. The number of nitrogens with zero attached hydrogens (tertiary/aromatic N) is 1. The average Bonchev–Trinajstić information content (AvgIpc) is 3.06. The SMILES string of the molecule is O=C(O)c1ccc(COc2ccccc2/C=C2\SC(=O)N(c3cccc(Cl)c3)C2=O)cc1. The number of rotatable bonds is 6. The van der Waals surface area contributed by atoms with E-state index in [0.29, 0.717) is 22.0 Å². The Morgan fingerprint density at radius 1 is 1.03 bits per heavy atom. The van der Waals surface area contributed by atoms with Gasteiger partial charge in [0.15, 0.2) is 0 Å². The van der Waals surface area contributed by atoms with Crippen LogP contribution in [0.25, 0.3) is 6.08 Å². The fourth-order valence-corrected chi connectivity index (χ4v) is 4.10. The first kappa shape index (κ1) is 21.7. The molecular formula is C24H16ClNO5S. The summed E-state index contributed by atoms with van der Waals surface area (Å²) in [7, 11) is 0. The summed E-state index contributed by atoms with van der Waals surface area (Å²) in [5.41, 5.74) is 2.06. The molecule has 0 saturated carbocycles. The molecule has 8 heteroatoms. The Morgan fingerprint density at radius 2 is 1.78 bits per heavy atom. The number of para-hydroxylation sites is 1. The largest absolute Gasteiger partial charge is 0.488 e. The van der Waals surface area contributed by atoms with Crippen LogP contribution in [-0.4, -0.2) is 22.2 Å².